The van der Waals surface area contributed by atoms with Gasteiger partial charge in [-0.1, -0.05) is 0 Å². The number of methoxy groups -OCH3 is 1. The van der Waals surface area contributed by atoms with Crippen LogP contribution in [0.2, 0.25) is 0 Å². The average Bonchev–Trinajstić information content (AvgIpc) is 2.36. The number of nitrogens with one attached hydrogen (secondary N) is 2. The Balaban J connectivity index is 2.05. The lowest BCUT2D eigenvalue weighted by Gasteiger charge is -2.38. The maximum absolute atomic E-state index is 11.8. The van der Waals surface area contributed by atoms with Gasteiger partial charge in [-0.05, 0) is 20.8 Å². The Labute approximate surface area is 95.6 Å². The van der Waals surface area contributed by atoms with Gasteiger partial charge in [-0.2, -0.15) is 0 Å². The summed E-state index contributed by atoms with van der Waals surface area (Å²) in [5.41, 5.74) is -0.656. The molecule has 0 aromatic rings. The third kappa shape index (κ3) is 1.91. The van der Waals surface area contributed by atoms with Crippen molar-refractivity contribution >= 4 is 11.9 Å². The molecular weight excluding hydrogens is 206 g/mol. The van der Waals surface area contributed by atoms with Crippen molar-refractivity contribution in [3.63, 3.8) is 0 Å². The lowest BCUT2D eigenvalue weighted by Crippen LogP contribution is -2.53. The standard InChI is InChI=1S/C11H19N3O2/c1-10(2,3)13-9-12-8(15)11(14-9)5-7(6-11)16-4/h7H,5-6H2,1-4H3,(H2,12,13,14,15). The molecule has 0 radical (unpaired) electrons. The summed E-state index contributed by atoms with van der Waals surface area (Å²) in [6.07, 6.45) is 1.54. The maximum Gasteiger partial charge on any atom is 0.254 e. The fraction of sp³-hybridized carbons (Fsp3) is 0.818. The lowest BCUT2D eigenvalue weighted by atomic mass is 9.74. The molecule has 0 aromatic carbocycles. The summed E-state index contributed by atoms with van der Waals surface area (Å²) in [5, 5.41) is 5.97. The molecule has 2 aliphatic rings. The number of amides is 1. The number of ether oxygens (including phenoxy) is 1. The van der Waals surface area contributed by atoms with E-state index >= 15 is 0 Å². The van der Waals surface area contributed by atoms with Gasteiger partial charge in [0.1, 0.15) is 5.54 Å². The Hall–Kier alpha value is -1.10. The van der Waals surface area contributed by atoms with Crippen LogP contribution in [0, 0.1) is 0 Å². The highest BCUT2D eigenvalue weighted by molar-refractivity contribution is 6.08. The van der Waals surface area contributed by atoms with Crippen molar-refractivity contribution < 1.29 is 9.53 Å². The molecule has 1 fully saturated rings. The minimum absolute atomic E-state index is 0.00690. The van der Waals surface area contributed by atoms with Gasteiger partial charge in [-0.15, -0.1) is 0 Å². The van der Waals surface area contributed by atoms with Crippen LogP contribution in [-0.4, -0.2) is 36.2 Å². The zero-order valence-corrected chi connectivity index (χ0v) is 10.3. The fourth-order valence-corrected chi connectivity index (χ4v) is 2.07. The van der Waals surface area contributed by atoms with Gasteiger partial charge in [-0.25, -0.2) is 4.99 Å². The maximum atomic E-state index is 11.8. The molecule has 0 saturated heterocycles. The summed E-state index contributed by atoms with van der Waals surface area (Å²) < 4.78 is 5.19. The van der Waals surface area contributed by atoms with Crippen LogP contribution in [0.4, 0.5) is 0 Å². The number of aliphatic imine (C=N–C) groups is 1. The molecular formula is C11H19N3O2. The second kappa shape index (κ2) is 3.45. The van der Waals surface area contributed by atoms with Crippen LogP contribution in [0.15, 0.2) is 4.99 Å². The van der Waals surface area contributed by atoms with Crippen molar-refractivity contribution in [1.29, 1.82) is 0 Å². The number of carbonyl (C=O) groups is 1. The van der Waals surface area contributed by atoms with Crippen LogP contribution in [0.1, 0.15) is 33.6 Å². The van der Waals surface area contributed by atoms with Crippen molar-refractivity contribution in [3.8, 4) is 0 Å². The lowest BCUT2D eigenvalue weighted by molar-refractivity contribution is -0.132. The van der Waals surface area contributed by atoms with Crippen molar-refractivity contribution in [1.82, 2.24) is 10.6 Å². The van der Waals surface area contributed by atoms with Gasteiger partial charge in [0, 0.05) is 25.5 Å². The van der Waals surface area contributed by atoms with E-state index in [-0.39, 0.29) is 17.6 Å². The highest BCUT2D eigenvalue weighted by Crippen LogP contribution is 2.40. The number of carbonyl (C=O) groups excluding carboxylic acids is 1. The SMILES string of the molecule is COC1CC2(C1)N=C(NC(C)(C)C)NC2=O. The fourth-order valence-electron chi connectivity index (χ4n) is 2.07. The van der Waals surface area contributed by atoms with Crippen molar-refractivity contribution in [2.45, 2.75) is 50.8 Å². The smallest absolute Gasteiger partial charge is 0.254 e. The molecule has 1 aliphatic heterocycles. The van der Waals surface area contributed by atoms with Gasteiger partial charge in [0.25, 0.3) is 5.91 Å². The number of hydrogen-bond donors (Lipinski definition) is 2. The van der Waals surface area contributed by atoms with E-state index in [1.165, 1.54) is 0 Å². The molecule has 0 unspecified atom stereocenters. The second-order valence-corrected chi connectivity index (χ2v) is 5.59. The largest absolute Gasteiger partial charge is 0.381 e. The highest BCUT2D eigenvalue weighted by Gasteiger charge is 2.54. The zero-order valence-electron chi connectivity index (χ0n) is 10.3. The first-order chi connectivity index (χ1) is 7.35. The number of rotatable bonds is 1. The highest BCUT2D eigenvalue weighted by atomic mass is 16.5. The molecule has 5 nitrogen and oxygen atoms in total. The molecule has 2 N–H and O–H groups in total. The van der Waals surface area contributed by atoms with Crippen LogP contribution in [0.3, 0.4) is 0 Å². The Morgan fingerprint density at radius 2 is 2.12 bits per heavy atom. The molecule has 0 aromatic heterocycles. The van der Waals surface area contributed by atoms with Gasteiger partial charge >= 0.3 is 0 Å². The van der Waals surface area contributed by atoms with Crippen LogP contribution < -0.4 is 10.6 Å². The molecule has 2 rings (SSSR count). The summed E-state index contributed by atoms with van der Waals surface area (Å²) in [6, 6.07) is 0. The minimum atomic E-state index is -0.561. The first-order valence-corrected chi connectivity index (χ1v) is 5.57. The topological polar surface area (TPSA) is 62.7 Å². The quantitative estimate of drug-likeness (QED) is 0.679. The summed E-state index contributed by atoms with van der Waals surface area (Å²) >= 11 is 0. The summed E-state index contributed by atoms with van der Waals surface area (Å²) in [6.45, 7) is 6.10. The predicted molar refractivity (Wildman–Crippen MR) is 61.2 cm³/mol. The zero-order chi connectivity index (χ0) is 12.0. The van der Waals surface area contributed by atoms with Gasteiger partial charge in [0.05, 0.1) is 6.10 Å². The molecule has 1 spiro atoms. The van der Waals surface area contributed by atoms with E-state index in [2.05, 4.69) is 15.6 Å². The van der Waals surface area contributed by atoms with E-state index in [4.69, 9.17) is 4.74 Å². The molecule has 1 saturated carbocycles. The Morgan fingerprint density at radius 1 is 1.50 bits per heavy atom. The van der Waals surface area contributed by atoms with Crippen molar-refractivity contribution in [2.75, 3.05) is 7.11 Å². The third-order valence-electron chi connectivity index (χ3n) is 2.94. The van der Waals surface area contributed by atoms with E-state index in [1.54, 1.807) is 7.11 Å². The molecule has 0 bridgehead atoms. The van der Waals surface area contributed by atoms with Crippen molar-refractivity contribution in [2.24, 2.45) is 4.99 Å². The van der Waals surface area contributed by atoms with E-state index < -0.39 is 5.54 Å². The summed E-state index contributed by atoms with van der Waals surface area (Å²) in [5.74, 6) is 0.583. The van der Waals surface area contributed by atoms with E-state index in [0.29, 0.717) is 18.8 Å². The molecule has 90 valence electrons. The summed E-state index contributed by atoms with van der Waals surface area (Å²) in [4.78, 5) is 16.3. The monoisotopic (exact) mass is 225 g/mol. The first-order valence-electron chi connectivity index (χ1n) is 5.57. The predicted octanol–water partition coefficient (Wildman–Crippen LogP) is 0.408. The number of guanidine groups is 1. The molecule has 0 atom stereocenters. The van der Waals surface area contributed by atoms with Gasteiger partial charge < -0.3 is 10.1 Å². The van der Waals surface area contributed by atoms with Gasteiger partial charge in [0.15, 0.2) is 5.96 Å². The number of nitrogens with zero attached hydrogens (tertiary/aromatic N) is 1. The molecule has 5 heteroatoms. The first kappa shape index (κ1) is 11.4. The third-order valence-corrected chi connectivity index (χ3v) is 2.94. The minimum Gasteiger partial charge on any atom is -0.381 e. The Bertz CT molecular complexity index is 338. The van der Waals surface area contributed by atoms with E-state index in [0.717, 1.165) is 0 Å². The van der Waals surface area contributed by atoms with Crippen LogP contribution >= 0.6 is 0 Å². The molecule has 1 aliphatic carbocycles. The normalized spacial score (nSPS) is 33.4. The van der Waals surface area contributed by atoms with Gasteiger partial charge in [-0.3, -0.25) is 10.1 Å². The summed E-state index contributed by atoms with van der Waals surface area (Å²) in [7, 11) is 1.67. The molecule has 16 heavy (non-hydrogen) atoms. The number of hydrogen-bond acceptors (Lipinski definition) is 4. The molecule has 1 heterocycles. The molecule has 1 amide bonds. The van der Waals surface area contributed by atoms with Crippen LogP contribution in [0.25, 0.3) is 0 Å². The second-order valence-electron chi connectivity index (χ2n) is 5.59. The van der Waals surface area contributed by atoms with E-state index in [9.17, 15) is 4.79 Å². The van der Waals surface area contributed by atoms with Crippen LogP contribution in [0.5, 0.6) is 0 Å². The average molecular weight is 225 g/mol. The van der Waals surface area contributed by atoms with E-state index in [1.807, 2.05) is 20.8 Å². The van der Waals surface area contributed by atoms with Gasteiger partial charge in [0.2, 0.25) is 0 Å². The Kier molecular flexibility index (Phi) is 2.45. The van der Waals surface area contributed by atoms with Crippen LogP contribution in [-0.2, 0) is 9.53 Å². The van der Waals surface area contributed by atoms with Crippen molar-refractivity contribution in [3.05, 3.63) is 0 Å². The Morgan fingerprint density at radius 3 is 2.62 bits per heavy atom.